The summed E-state index contributed by atoms with van der Waals surface area (Å²) in [7, 11) is -1.93. The predicted octanol–water partition coefficient (Wildman–Crippen LogP) is 12.3. The van der Waals surface area contributed by atoms with Crippen molar-refractivity contribution < 1.29 is 9.22 Å². The third-order valence-corrected chi connectivity index (χ3v) is 31.0. The molecule has 0 spiro atoms. The van der Waals surface area contributed by atoms with Crippen LogP contribution < -0.4 is 0 Å². The summed E-state index contributed by atoms with van der Waals surface area (Å²) >= 11 is -1.12. The summed E-state index contributed by atoms with van der Waals surface area (Å²) in [6.07, 6.45) is 17.0. The zero-order valence-corrected chi connectivity index (χ0v) is 33.4. The van der Waals surface area contributed by atoms with Gasteiger partial charge in [-0.2, -0.15) is 0 Å². The van der Waals surface area contributed by atoms with Crippen molar-refractivity contribution in [3.63, 3.8) is 0 Å². The number of hydrogen-bond acceptors (Lipinski definition) is 3. The van der Waals surface area contributed by atoms with Crippen molar-refractivity contribution in [1.82, 2.24) is 0 Å². The fraction of sp³-hybridized carbons (Fsp3) is 0.800. The van der Waals surface area contributed by atoms with Gasteiger partial charge in [-0.05, 0) is 0 Å². The Hall–Kier alpha value is 0.216. The second-order valence-electron chi connectivity index (χ2n) is 12.4. The molecule has 0 aromatic heterocycles. The number of rotatable bonds is 23. The number of unbranched alkanes of at least 4 members (excludes halogenated alkanes) is 3. The summed E-state index contributed by atoms with van der Waals surface area (Å²) in [4.78, 5) is 13.8. The molecule has 0 bridgehead atoms. The van der Waals surface area contributed by atoms with E-state index < -0.39 is 26.7 Å². The van der Waals surface area contributed by atoms with E-state index in [4.69, 9.17) is 4.43 Å². The summed E-state index contributed by atoms with van der Waals surface area (Å²) in [6, 6.07) is 3.35. The first-order chi connectivity index (χ1) is 19.0. The maximum absolute atomic E-state index is 13.8. The number of thioether (sulfide) groups is 1. The molecule has 0 radical (unpaired) electrons. The molecule has 2 nitrogen and oxygen atoms in total. The topological polar surface area (TPSA) is 26.3 Å². The molecular formula is C35H68O2SSiSn. The molecule has 5 heteroatoms. The molecule has 234 valence electrons. The van der Waals surface area contributed by atoms with Gasteiger partial charge in [0.15, 0.2) is 0 Å². The molecule has 0 saturated heterocycles. The van der Waals surface area contributed by atoms with Crippen LogP contribution in [0.1, 0.15) is 128 Å². The first-order valence-corrected chi connectivity index (χ1v) is 27.9. The molecule has 0 aliphatic rings. The van der Waals surface area contributed by atoms with E-state index in [1.54, 1.807) is 3.59 Å². The Morgan fingerprint density at radius 2 is 1.30 bits per heavy atom. The van der Waals surface area contributed by atoms with Gasteiger partial charge in [-0.15, -0.1) is 0 Å². The van der Waals surface area contributed by atoms with Crippen LogP contribution in [0.4, 0.5) is 0 Å². The van der Waals surface area contributed by atoms with Gasteiger partial charge in [-0.3, -0.25) is 0 Å². The molecule has 0 unspecified atom stereocenters. The molecule has 0 N–H and O–H groups in total. The van der Waals surface area contributed by atoms with E-state index in [1.807, 2.05) is 0 Å². The van der Waals surface area contributed by atoms with Crippen molar-refractivity contribution in [3.8, 4) is 0 Å². The van der Waals surface area contributed by atoms with Gasteiger partial charge >= 0.3 is 263 Å². The summed E-state index contributed by atoms with van der Waals surface area (Å²) in [6.45, 7) is 25.1. The third-order valence-electron chi connectivity index (χ3n) is 9.06. The van der Waals surface area contributed by atoms with Gasteiger partial charge in [0.1, 0.15) is 0 Å². The van der Waals surface area contributed by atoms with Gasteiger partial charge in [0.2, 0.25) is 0 Å². The molecule has 0 fully saturated rings. The summed E-state index contributed by atoms with van der Waals surface area (Å²) in [5.74, 6) is 0.621. The van der Waals surface area contributed by atoms with Crippen LogP contribution in [0.3, 0.4) is 0 Å². The van der Waals surface area contributed by atoms with Crippen molar-refractivity contribution in [2.45, 2.75) is 165 Å². The molecule has 0 amide bonds. The molecule has 0 aromatic carbocycles. The van der Waals surface area contributed by atoms with E-state index >= 15 is 0 Å². The second kappa shape index (κ2) is 22.7. The first-order valence-electron chi connectivity index (χ1n) is 16.9. The van der Waals surface area contributed by atoms with Gasteiger partial charge in [-0.1, -0.05) is 0 Å². The average molecular weight is 700 g/mol. The van der Waals surface area contributed by atoms with Gasteiger partial charge in [0.05, 0.1) is 0 Å². The maximum atomic E-state index is 13.8. The molecule has 0 aliphatic carbocycles. The summed E-state index contributed by atoms with van der Waals surface area (Å²) in [5, 5.41) is 0.292. The number of carbonyl (C=O) groups is 1. The quantitative estimate of drug-likeness (QED) is 0.0784. The van der Waals surface area contributed by atoms with Crippen molar-refractivity contribution >= 4 is 43.6 Å². The van der Waals surface area contributed by atoms with Gasteiger partial charge in [-0.25, -0.2) is 0 Å². The Morgan fingerprint density at radius 3 is 1.70 bits per heavy atom. The van der Waals surface area contributed by atoms with Crippen LogP contribution in [-0.2, 0) is 9.22 Å². The minimum atomic E-state index is -2.61. The summed E-state index contributed by atoms with van der Waals surface area (Å²) < 4.78 is 13.4. The normalized spacial score (nSPS) is 14.8. The standard InChI is InChI=1S/C23H41O2SSi.3C4H9.Sn/c1-9-15-22(25-27(11-3,12-4)13-5)21(23(24)26-10-2)18-20(8)17-14-16-19(6)7;3*1-3-4-2;/h15-16,18,21-22H,10-14,17H2,1-8H3;3*1,3-4H2,2H3;/b15-9?,20-18+;;;;/t21-,22+;;;;/m0..../s1. The SMILES string of the molecule is CCC[CH2][Sn]([CH2]CCC)([CH2]CCC)/[C](C)=C\[C@@H](O[Si](CC)(CC)CC)[C@H](/C=C(\C)CCC=C(C)C)C(=O)SCC. The third kappa shape index (κ3) is 14.6. The second-order valence-corrected chi connectivity index (χ2v) is 32.2. The Kier molecular flexibility index (Phi) is 22.8. The van der Waals surface area contributed by atoms with E-state index in [0.717, 1.165) is 36.7 Å². The summed E-state index contributed by atoms with van der Waals surface area (Å²) in [5.41, 5.74) is 2.68. The van der Waals surface area contributed by atoms with Crippen molar-refractivity contribution in [2.75, 3.05) is 5.75 Å². The van der Waals surface area contributed by atoms with Crippen LogP contribution in [-0.4, -0.2) is 43.7 Å². The van der Waals surface area contributed by atoms with Crippen molar-refractivity contribution in [3.05, 3.63) is 33.0 Å². The van der Waals surface area contributed by atoms with E-state index in [2.05, 4.69) is 94.4 Å². The Labute approximate surface area is 261 Å². The van der Waals surface area contributed by atoms with Gasteiger partial charge in [0.25, 0.3) is 0 Å². The van der Waals surface area contributed by atoms with Gasteiger partial charge < -0.3 is 0 Å². The fourth-order valence-corrected chi connectivity index (χ4v) is 25.2. The minimum absolute atomic E-state index is 0.127. The van der Waals surface area contributed by atoms with E-state index in [0.29, 0.717) is 5.12 Å². The fourth-order valence-electron chi connectivity index (χ4n) is 5.95. The number of hydrogen-bond donors (Lipinski definition) is 0. The first kappa shape index (κ1) is 40.2. The molecule has 0 aromatic rings. The molecule has 40 heavy (non-hydrogen) atoms. The van der Waals surface area contributed by atoms with Crippen molar-refractivity contribution in [1.29, 1.82) is 0 Å². The molecule has 2 atom stereocenters. The van der Waals surface area contributed by atoms with E-state index in [1.165, 1.54) is 74.7 Å². The molecule has 0 heterocycles. The van der Waals surface area contributed by atoms with Crippen LogP contribution in [0.5, 0.6) is 0 Å². The predicted molar refractivity (Wildman–Crippen MR) is 190 cm³/mol. The zero-order valence-electron chi connectivity index (χ0n) is 28.7. The number of carbonyl (C=O) groups excluding carboxylic acids is 1. The molecule has 0 aliphatic heterocycles. The van der Waals surface area contributed by atoms with Gasteiger partial charge in [0, 0.05) is 0 Å². The van der Waals surface area contributed by atoms with Crippen LogP contribution >= 0.6 is 11.8 Å². The Morgan fingerprint density at radius 1 is 0.800 bits per heavy atom. The van der Waals surface area contributed by atoms with Crippen LogP contribution in [0.15, 0.2) is 33.0 Å². The molecular weight excluding hydrogens is 631 g/mol. The monoisotopic (exact) mass is 700 g/mol. The van der Waals surface area contributed by atoms with E-state index in [9.17, 15) is 4.79 Å². The Bertz CT molecular complexity index is 750. The zero-order chi connectivity index (χ0) is 30.6. The Balaban J connectivity index is 7.00. The van der Waals surface area contributed by atoms with Crippen LogP contribution in [0.25, 0.3) is 0 Å². The number of allylic oxidation sites excluding steroid dienone is 4. The van der Waals surface area contributed by atoms with Crippen molar-refractivity contribution in [2.24, 2.45) is 5.92 Å². The molecule has 0 saturated carbocycles. The van der Waals surface area contributed by atoms with Crippen LogP contribution in [0.2, 0.25) is 31.4 Å². The average Bonchev–Trinajstić information content (AvgIpc) is 2.93. The van der Waals surface area contributed by atoms with E-state index in [-0.39, 0.29) is 12.0 Å². The molecule has 0 rings (SSSR count). The van der Waals surface area contributed by atoms with Crippen LogP contribution in [0, 0.1) is 5.92 Å².